The van der Waals surface area contributed by atoms with Crippen LogP contribution >= 0.6 is 0 Å². The average Bonchev–Trinajstić information content (AvgIpc) is 3.56. The smallest absolute Gasteiger partial charge is 0.242 e. The second-order valence-corrected chi connectivity index (χ2v) is 15.8. The van der Waals surface area contributed by atoms with Gasteiger partial charge in [0, 0.05) is 60.5 Å². The Morgan fingerprint density at radius 3 is 2.20 bits per heavy atom. The Morgan fingerprint density at radius 2 is 1.53 bits per heavy atom. The van der Waals surface area contributed by atoms with Crippen LogP contribution in [0.1, 0.15) is 86.4 Å². The molecule has 3 aromatic heterocycles. The summed E-state index contributed by atoms with van der Waals surface area (Å²) in [5.74, 6) is -0.0132. The van der Waals surface area contributed by atoms with E-state index in [2.05, 4.69) is 79.5 Å². The van der Waals surface area contributed by atoms with Crippen molar-refractivity contribution in [3.63, 3.8) is 0 Å². The van der Waals surface area contributed by atoms with Gasteiger partial charge in [-0.2, -0.15) is 20.5 Å². The number of aromatic nitrogens is 6. The fourth-order valence-corrected chi connectivity index (χ4v) is 7.94. The monoisotopic (exact) mass is 797 g/mol. The molecule has 2 fully saturated rings. The molecule has 4 heterocycles. The SMILES string of the molecule is Cc1cc(CCNc2ncc(C#N)c(NC3CCC(C(=O)NNC(=O)[C@H]4C[C@@H](Nc5nc(NCCC6C(=O)Nc7ccccc76)ncc5C#N)C4(C)C)CC3)n2)ncn1. The molecule has 18 heteroatoms. The minimum absolute atomic E-state index is 0.00862. The van der Waals surface area contributed by atoms with Crippen LogP contribution in [0.3, 0.4) is 0 Å². The van der Waals surface area contributed by atoms with Gasteiger partial charge in [-0.3, -0.25) is 25.2 Å². The minimum atomic E-state index is -0.526. The molecule has 7 N–H and O–H groups in total. The highest BCUT2D eigenvalue weighted by molar-refractivity contribution is 6.02. The van der Waals surface area contributed by atoms with Crippen molar-refractivity contribution in [1.82, 2.24) is 40.8 Å². The molecule has 59 heavy (non-hydrogen) atoms. The average molecular weight is 798 g/mol. The van der Waals surface area contributed by atoms with Crippen LogP contribution in [0.15, 0.2) is 49.1 Å². The van der Waals surface area contributed by atoms with E-state index < -0.39 is 11.3 Å². The molecule has 304 valence electrons. The number of amides is 3. The van der Waals surface area contributed by atoms with Crippen molar-refractivity contribution < 1.29 is 14.4 Å². The number of nitrogens with one attached hydrogen (secondary N) is 7. The van der Waals surface area contributed by atoms with Gasteiger partial charge in [0.2, 0.25) is 29.6 Å². The first-order valence-corrected chi connectivity index (χ1v) is 19.8. The van der Waals surface area contributed by atoms with E-state index in [9.17, 15) is 24.9 Å². The maximum atomic E-state index is 13.3. The number of rotatable bonds is 14. The summed E-state index contributed by atoms with van der Waals surface area (Å²) < 4.78 is 0. The molecule has 18 nitrogen and oxygen atoms in total. The van der Waals surface area contributed by atoms with Gasteiger partial charge in [-0.15, -0.1) is 0 Å². The third-order valence-corrected chi connectivity index (χ3v) is 11.6. The Kier molecular flexibility index (Phi) is 12.1. The first-order chi connectivity index (χ1) is 28.5. The predicted octanol–water partition coefficient (Wildman–Crippen LogP) is 3.95. The summed E-state index contributed by atoms with van der Waals surface area (Å²) in [4.78, 5) is 65.0. The lowest BCUT2D eigenvalue weighted by Crippen LogP contribution is -2.61. The van der Waals surface area contributed by atoms with E-state index in [0.717, 1.165) is 22.6 Å². The summed E-state index contributed by atoms with van der Waals surface area (Å²) in [6.45, 7) is 6.83. The van der Waals surface area contributed by atoms with Crippen LogP contribution in [0.25, 0.3) is 0 Å². The molecule has 0 bridgehead atoms. The zero-order valence-electron chi connectivity index (χ0n) is 33.2. The van der Waals surface area contributed by atoms with Crippen molar-refractivity contribution in [3.05, 3.63) is 77.1 Å². The number of aryl methyl sites for hydroxylation is 1. The lowest BCUT2D eigenvalue weighted by molar-refractivity contribution is -0.140. The van der Waals surface area contributed by atoms with Crippen LogP contribution in [0.2, 0.25) is 0 Å². The molecule has 4 aromatic rings. The molecular weight excluding hydrogens is 751 g/mol. The number of carbonyl (C=O) groups excluding carboxylic acids is 3. The van der Waals surface area contributed by atoms with Crippen molar-refractivity contribution in [1.29, 1.82) is 10.5 Å². The maximum absolute atomic E-state index is 13.3. The normalized spacial score (nSPS) is 21.3. The highest BCUT2D eigenvalue weighted by Crippen LogP contribution is 2.48. The van der Waals surface area contributed by atoms with E-state index in [-0.39, 0.29) is 47.2 Å². The molecule has 1 unspecified atom stereocenters. The molecule has 0 spiro atoms. The van der Waals surface area contributed by atoms with Crippen LogP contribution < -0.4 is 37.4 Å². The number of anilines is 5. The summed E-state index contributed by atoms with van der Waals surface area (Å²) in [7, 11) is 0. The molecule has 2 saturated carbocycles. The highest BCUT2D eigenvalue weighted by Gasteiger charge is 2.52. The lowest BCUT2D eigenvalue weighted by atomic mass is 9.58. The van der Waals surface area contributed by atoms with Crippen molar-refractivity contribution >= 4 is 46.9 Å². The van der Waals surface area contributed by atoms with Crippen LogP contribution in [-0.2, 0) is 20.8 Å². The third-order valence-electron chi connectivity index (χ3n) is 11.6. The van der Waals surface area contributed by atoms with Crippen LogP contribution in [-0.4, -0.2) is 72.8 Å². The second-order valence-electron chi connectivity index (χ2n) is 15.8. The van der Waals surface area contributed by atoms with E-state index >= 15 is 0 Å². The number of fused-ring (bicyclic) bond motifs is 1. The van der Waals surface area contributed by atoms with E-state index in [0.29, 0.717) is 87.1 Å². The van der Waals surface area contributed by atoms with Gasteiger partial charge in [0.1, 0.15) is 41.2 Å². The molecule has 7 rings (SSSR count). The van der Waals surface area contributed by atoms with Crippen molar-refractivity contribution in [2.45, 2.75) is 83.7 Å². The van der Waals surface area contributed by atoms with E-state index in [1.807, 2.05) is 51.1 Å². The first-order valence-electron chi connectivity index (χ1n) is 19.8. The molecule has 2 aliphatic carbocycles. The molecule has 1 aliphatic heterocycles. The van der Waals surface area contributed by atoms with Gasteiger partial charge in [-0.25, -0.2) is 19.9 Å². The summed E-state index contributed by atoms with van der Waals surface area (Å²) >= 11 is 0. The zero-order chi connectivity index (χ0) is 41.5. The third kappa shape index (κ3) is 9.28. The number of hydrogen-bond donors (Lipinski definition) is 7. The Balaban J connectivity index is 0.844. The topological polar surface area (TPSA) is 260 Å². The van der Waals surface area contributed by atoms with Crippen LogP contribution in [0, 0.1) is 46.8 Å². The van der Waals surface area contributed by atoms with E-state index in [1.165, 1.54) is 18.7 Å². The number of benzene rings is 1. The van der Waals surface area contributed by atoms with Gasteiger partial charge in [0.25, 0.3) is 0 Å². The molecule has 1 aromatic carbocycles. The first kappa shape index (κ1) is 40.3. The Hall–Kier alpha value is -6.95. The summed E-state index contributed by atoms with van der Waals surface area (Å²) in [5, 5.41) is 35.4. The summed E-state index contributed by atoms with van der Waals surface area (Å²) in [6.07, 6.45) is 8.69. The van der Waals surface area contributed by atoms with Gasteiger partial charge in [0.05, 0.1) is 18.3 Å². The molecular formula is C41H47N15O3. The number of nitriles is 2. The summed E-state index contributed by atoms with van der Waals surface area (Å²) in [6, 6.07) is 13.7. The zero-order valence-corrected chi connectivity index (χ0v) is 33.2. The van der Waals surface area contributed by atoms with Crippen LogP contribution in [0.4, 0.5) is 29.2 Å². The maximum Gasteiger partial charge on any atom is 0.242 e. The Bertz CT molecular complexity index is 2300. The molecule has 3 atom stereocenters. The van der Waals surface area contributed by atoms with Gasteiger partial charge in [-0.05, 0) is 68.6 Å². The molecule has 0 saturated heterocycles. The fourth-order valence-electron chi connectivity index (χ4n) is 7.94. The van der Waals surface area contributed by atoms with Gasteiger partial charge in [-0.1, -0.05) is 32.0 Å². The second kappa shape index (κ2) is 17.7. The number of hydrogen-bond acceptors (Lipinski definition) is 15. The lowest BCUT2D eigenvalue weighted by Gasteiger charge is -2.51. The van der Waals surface area contributed by atoms with E-state index in [1.54, 1.807) is 0 Å². The number of hydrazine groups is 1. The van der Waals surface area contributed by atoms with Gasteiger partial charge >= 0.3 is 0 Å². The predicted molar refractivity (Wildman–Crippen MR) is 218 cm³/mol. The fraction of sp³-hybridized carbons (Fsp3) is 0.439. The van der Waals surface area contributed by atoms with Crippen LogP contribution in [0.5, 0.6) is 0 Å². The van der Waals surface area contributed by atoms with Crippen molar-refractivity contribution in [2.75, 3.05) is 39.7 Å². The number of para-hydroxylation sites is 1. The number of nitrogens with zero attached hydrogens (tertiary/aromatic N) is 8. The Morgan fingerprint density at radius 1 is 0.864 bits per heavy atom. The molecule has 0 radical (unpaired) electrons. The van der Waals surface area contributed by atoms with Crippen molar-refractivity contribution in [3.8, 4) is 12.1 Å². The van der Waals surface area contributed by atoms with E-state index in [4.69, 9.17) is 0 Å². The van der Waals surface area contributed by atoms with Gasteiger partial charge < -0.3 is 26.6 Å². The molecule has 3 aliphatic rings. The number of carbonyl (C=O) groups is 3. The summed E-state index contributed by atoms with van der Waals surface area (Å²) in [5.41, 5.74) is 8.96. The Labute approximate surface area is 341 Å². The largest absolute Gasteiger partial charge is 0.366 e. The highest BCUT2D eigenvalue weighted by atomic mass is 16.2. The van der Waals surface area contributed by atoms with Crippen molar-refractivity contribution in [2.24, 2.45) is 17.3 Å². The molecule has 3 amide bonds. The van der Waals surface area contributed by atoms with Gasteiger partial charge in [0.15, 0.2) is 0 Å². The standard InChI is InChI=1S/C41H47N15O3/c1-23-16-28(49-22-48-23)12-14-44-39-46-20-25(18-42)34(53-39)50-27-10-8-24(9-11-27)36(57)55-56-38(59)31-17-33(41(31,2)3)52-35-26(19-43)21-47-40(54-35)45-15-13-30-29-6-4-5-7-32(29)51-37(30)58/h4-7,16,20-22,24,27,30-31,33H,8-15,17H2,1-3H3,(H,51,58)(H,55,57)(H,56,59)(H2,44,46,50,53)(H2,45,47,52,54)/t24?,27?,30?,31-,33-/m1/s1. The quantitative estimate of drug-likeness (QED) is 0.0892. The minimum Gasteiger partial charge on any atom is -0.366 e.